The molecule has 4 aromatic rings. The van der Waals surface area contributed by atoms with Crippen LogP contribution in [0.25, 0.3) is 21.3 Å². The first-order valence-corrected chi connectivity index (χ1v) is 11.9. The lowest BCUT2D eigenvalue weighted by Crippen LogP contribution is -2.32. The topological polar surface area (TPSA) is 97.4 Å². The summed E-state index contributed by atoms with van der Waals surface area (Å²) < 4.78 is 5.81. The molecule has 2 heterocycles. The molecule has 0 radical (unpaired) electrons. The Labute approximate surface area is 202 Å². The number of benzene rings is 2. The molecule has 0 saturated carbocycles. The van der Waals surface area contributed by atoms with E-state index >= 15 is 0 Å². The Morgan fingerprint density at radius 3 is 2.61 bits per heavy atom. The summed E-state index contributed by atoms with van der Waals surface area (Å²) in [5.41, 5.74) is 2.83. The first-order chi connectivity index (χ1) is 15.9. The van der Waals surface area contributed by atoms with Crippen molar-refractivity contribution in [1.82, 2.24) is 10.3 Å². The number of anilines is 1. The molecule has 2 aromatic carbocycles. The number of hydrogen-bond donors (Lipinski definition) is 2. The standard InChI is InChI=1S/C23H18ClN3O4S2/c1-13-6-8-14(9-7-13)16-12-32-23(26-16)27-18(28)11-31-19(29)10-25-22(30)21-20(24)15-4-2-3-5-17(15)33-21/h2-9,12H,10-11H2,1H3,(H,25,30)(H,26,27,28). The number of rotatable bonds is 7. The monoisotopic (exact) mass is 499 g/mol. The SMILES string of the molecule is Cc1ccc(-c2csc(NC(=O)COC(=O)CNC(=O)c3sc4ccccc4c3Cl)n2)cc1. The van der Waals surface area contributed by atoms with Gasteiger partial charge in [0.2, 0.25) is 0 Å². The van der Waals surface area contributed by atoms with Gasteiger partial charge in [0.15, 0.2) is 11.7 Å². The number of esters is 1. The summed E-state index contributed by atoms with van der Waals surface area (Å²) in [5.74, 6) is -1.74. The van der Waals surface area contributed by atoms with Crippen LogP contribution in [0, 0.1) is 6.92 Å². The minimum atomic E-state index is -0.741. The summed E-state index contributed by atoms with van der Waals surface area (Å²) in [7, 11) is 0. The number of nitrogens with zero attached hydrogens (tertiary/aromatic N) is 1. The first-order valence-electron chi connectivity index (χ1n) is 9.84. The van der Waals surface area contributed by atoms with Crippen molar-refractivity contribution in [2.24, 2.45) is 0 Å². The Morgan fingerprint density at radius 2 is 1.85 bits per heavy atom. The fourth-order valence-electron chi connectivity index (χ4n) is 2.93. The van der Waals surface area contributed by atoms with Crippen LogP contribution in [0.5, 0.6) is 0 Å². The van der Waals surface area contributed by atoms with Crippen LogP contribution < -0.4 is 10.6 Å². The van der Waals surface area contributed by atoms with Crippen LogP contribution in [0.15, 0.2) is 53.9 Å². The van der Waals surface area contributed by atoms with Gasteiger partial charge in [-0.15, -0.1) is 22.7 Å². The minimum absolute atomic E-state index is 0.316. The van der Waals surface area contributed by atoms with Crippen molar-refractivity contribution < 1.29 is 19.1 Å². The predicted molar refractivity (Wildman–Crippen MR) is 131 cm³/mol. The Bertz CT molecular complexity index is 1330. The molecule has 10 heteroatoms. The number of amides is 2. The molecule has 0 aliphatic heterocycles. The van der Waals surface area contributed by atoms with Gasteiger partial charge < -0.3 is 10.1 Å². The average Bonchev–Trinajstić information content (AvgIpc) is 3.41. The fourth-order valence-corrected chi connectivity index (χ4v) is 5.10. The van der Waals surface area contributed by atoms with Crippen LogP contribution >= 0.6 is 34.3 Å². The maximum absolute atomic E-state index is 12.4. The Morgan fingerprint density at radius 1 is 1.09 bits per heavy atom. The molecular formula is C23H18ClN3O4S2. The van der Waals surface area contributed by atoms with Gasteiger partial charge in [0.25, 0.3) is 11.8 Å². The average molecular weight is 500 g/mol. The van der Waals surface area contributed by atoms with E-state index in [0.29, 0.717) is 15.0 Å². The predicted octanol–water partition coefficient (Wildman–Crippen LogP) is 4.90. The number of aromatic nitrogens is 1. The summed E-state index contributed by atoms with van der Waals surface area (Å²) in [6, 6.07) is 15.3. The summed E-state index contributed by atoms with van der Waals surface area (Å²) in [4.78, 5) is 41.1. The second-order valence-corrected chi connectivity index (χ2v) is 9.33. The number of carbonyl (C=O) groups is 3. The maximum atomic E-state index is 12.4. The number of thiophene rings is 1. The van der Waals surface area contributed by atoms with Crippen LogP contribution in [0.3, 0.4) is 0 Å². The molecule has 0 bridgehead atoms. The van der Waals surface area contributed by atoms with Crippen LogP contribution in [0.2, 0.25) is 5.02 Å². The van der Waals surface area contributed by atoms with E-state index < -0.39 is 24.4 Å². The molecule has 0 unspecified atom stereocenters. The normalized spacial score (nSPS) is 10.7. The van der Waals surface area contributed by atoms with Crippen molar-refractivity contribution in [2.45, 2.75) is 6.92 Å². The first kappa shape index (κ1) is 22.9. The lowest BCUT2D eigenvalue weighted by molar-refractivity contribution is -0.146. The summed E-state index contributed by atoms with van der Waals surface area (Å²) in [5, 5.41) is 8.43. The molecule has 0 aliphatic rings. The quantitative estimate of drug-likeness (QED) is 0.352. The highest BCUT2D eigenvalue weighted by Crippen LogP contribution is 2.34. The molecule has 4 rings (SSSR count). The van der Waals surface area contributed by atoms with Crippen molar-refractivity contribution in [1.29, 1.82) is 0 Å². The number of fused-ring (bicyclic) bond motifs is 1. The number of hydrogen-bond acceptors (Lipinski definition) is 7. The highest BCUT2D eigenvalue weighted by molar-refractivity contribution is 7.21. The molecule has 0 spiro atoms. The van der Waals surface area contributed by atoms with E-state index in [0.717, 1.165) is 26.9 Å². The third-order valence-electron chi connectivity index (χ3n) is 4.60. The maximum Gasteiger partial charge on any atom is 0.325 e. The van der Waals surface area contributed by atoms with Crippen molar-refractivity contribution in [3.05, 3.63) is 69.4 Å². The van der Waals surface area contributed by atoms with E-state index in [-0.39, 0.29) is 6.54 Å². The van der Waals surface area contributed by atoms with Crippen LogP contribution in [0.1, 0.15) is 15.2 Å². The van der Waals surface area contributed by atoms with E-state index in [2.05, 4.69) is 15.6 Å². The third kappa shape index (κ3) is 5.57. The molecule has 0 atom stereocenters. The van der Waals surface area contributed by atoms with E-state index in [9.17, 15) is 14.4 Å². The van der Waals surface area contributed by atoms with Gasteiger partial charge in [-0.3, -0.25) is 19.7 Å². The van der Waals surface area contributed by atoms with Gasteiger partial charge in [-0.05, 0) is 13.0 Å². The number of halogens is 1. The van der Waals surface area contributed by atoms with Crippen molar-refractivity contribution in [3.63, 3.8) is 0 Å². The molecule has 7 nitrogen and oxygen atoms in total. The van der Waals surface area contributed by atoms with Gasteiger partial charge >= 0.3 is 5.97 Å². The van der Waals surface area contributed by atoms with Gasteiger partial charge in [-0.2, -0.15) is 0 Å². The molecule has 0 fully saturated rings. The van der Waals surface area contributed by atoms with E-state index in [1.54, 1.807) is 0 Å². The van der Waals surface area contributed by atoms with Crippen LogP contribution in [-0.2, 0) is 14.3 Å². The van der Waals surface area contributed by atoms with E-state index in [1.165, 1.54) is 22.7 Å². The van der Waals surface area contributed by atoms with Gasteiger partial charge in [-0.25, -0.2) is 4.98 Å². The number of thiazole rings is 1. The fraction of sp³-hybridized carbons (Fsp3) is 0.130. The van der Waals surface area contributed by atoms with Crippen LogP contribution in [-0.4, -0.2) is 35.9 Å². The molecule has 2 N–H and O–H groups in total. The zero-order valence-corrected chi connectivity index (χ0v) is 19.8. The highest BCUT2D eigenvalue weighted by Gasteiger charge is 2.18. The molecular weight excluding hydrogens is 482 g/mol. The van der Waals surface area contributed by atoms with E-state index in [4.69, 9.17) is 16.3 Å². The van der Waals surface area contributed by atoms with Crippen molar-refractivity contribution in [3.8, 4) is 11.3 Å². The van der Waals surface area contributed by atoms with Gasteiger partial charge in [0, 0.05) is 21.0 Å². The highest BCUT2D eigenvalue weighted by atomic mass is 35.5. The third-order valence-corrected chi connectivity index (χ3v) is 7.03. The zero-order chi connectivity index (χ0) is 23.4. The summed E-state index contributed by atoms with van der Waals surface area (Å²) in [6.07, 6.45) is 0. The molecule has 0 aliphatic carbocycles. The Hall–Kier alpha value is -3.27. The minimum Gasteiger partial charge on any atom is -0.454 e. The second-order valence-electron chi connectivity index (χ2n) is 7.04. The largest absolute Gasteiger partial charge is 0.454 e. The van der Waals surface area contributed by atoms with Crippen molar-refractivity contribution in [2.75, 3.05) is 18.5 Å². The van der Waals surface area contributed by atoms with Gasteiger partial charge in [0.1, 0.15) is 11.4 Å². The smallest absolute Gasteiger partial charge is 0.325 e. The molecule has 2 amide bonds. The summed E-state index contributed by atoms with van der Waals surface area (Å²) in [6.45, 7) is 1.13. The lowest BCUT2D eigenvalue weighted by atomic mass is 10.1. The lowest BCUT2D eigenvalue weighted by Gasteiger charge is -2.06. The number of ether oxygens (including phenoxy) is 1. The number of nitrogens with one attached hydrogen (secondary N) is 2. The molecule has 33 heavy (non-hydrogen) atoms. The van der Waals surface area contributed by atoms with Crippen molar-refractivity contribution >= 4 is 67.3 Å². The Kier molecular flexibility index (Phi) is 7.02. The number of carbonyl (C=O) groups excluding carboxylic acids is 3. The number of aryl methyl sites for hydroxylation is 1. The van der Waals surface area contributed by atoms with Gasteiger partial charge in [-0.1, -0.05) is 59.6 Å². The second kappa shape index (κ2) is 10.1. The van der Waals surface area contributed by atoms with E-state index in [1.807, 2.05) is 60.8 Å². The Balaban J connectivity index is 1.24. The zero-order valence-electron chi connectivity index (χ0n) is 17.4. The van der Waals surface area contributed by atoms with Gasteiger partial charge in [0.05, 0.1) is 10.7 Å². The van der Waals surface area contributed by atoms with Crippen LogP contribution in [0.4, 0.5) is 5.13 Å². The molecule has 0 saturated heterocycles. The summed E-state index contributed by atoms with van der Waals surface area (Å²) >= 11 is 8.78. The molecule has 2 aromatic heterocycles. The molecule has 168 valence electrons.